The van der Waals surface area contributed by atoms with Crippen molar-refractivity contribution in [3.63, 3.8) is 0 Å². The number of aryl methyl sites for hydroxylation is 1. The van der Waals surface area contributed by atoms with E-state index in [0.29, 0.717) is 11.5 Å². The van der Waals surface area contributed by atoms with Gasteiger partial charge in [-0.05, 0) is 30.7 Å². The standard InChI is InChI=1S/C15H13N3O2/c1-10-12-6-2-3-7-13(12)17-14(10)15(19)18-16-9-11-5-4-8-20-11/h2-9,17H,1H3,(H,18,19)/b16-9+. The van der Waals surface area contributed by atoms with Gasteiger partial charge >= 0.3 is 0 Å². The highest BCUT2D eigenvalue weighted by molar-refractivity contribution is 6.01. The summed E-state index contributed by atoms with van der Waals surface area (Å²) < 4.78 is 5.08. The Labute approximate surface area is 115 Å². The predicted octanol–water partition coefficient (Wildman–Crippen LogP) is 2.83. The quantitative estimate of drug-likeness (QED) is 0.566. The molecule has 0 atom stereocenters. The number of para-hydroxylation sites is 1. The molecule has 0 radical (unpaired) electrons. The number of hydrazone groups is 1. The number of H-pyrrole nitrogens is 1. The Bertz CT molecular complexity index is 770. The third kappa shape index (κ3) is 2.21. The van der Waals surface area contributed by atoms with Gasteiger partial charge in [0, 0.05) is 10.9 Å². The molecule has 5 heteroatoms. The third-order valence-electron chi connectivity index (χ3n) is 3.09. The molecule has 0 saturated heterocycles. The van der Waals surface area contributed by atoms with Crippen molar-refractivity contribution in [3.8, 4) is 0 Å². The Morgan fingerprint density at radius 2 is 2.15 bits per heavy atom. The molecule has 0 aliphatic rings. The van der Waals surface area contributed by atoms with Gasteiger partial charge in [-0.2, -0.15) is 5.10 Å². The van der Waals surface area contributed by atoms with E-state index in [0.717, 1.165) is 16.5 Å². The lowest BCUT2D eigenvalue weighted by molar-refractivity contribution is 0.0950. The molecule has 0 fully saturated rings. The van der Waals surface area contributed by atoms with Crippen molar-refractivity contribution in [2.45, 2.75) is 6.92 Å². The number of fused-ring (bicyclic) bond motifs is 1. The third-order valence-corrected chi connectivity index (χ3v) is 3.09. The SMILES string of the molecule is Cc1c(C(=O)N/N=C/c2ccco2)[nH]c2ccccc12. The van der Waals surface area contributed by atoms with E-state index in [-0.39, 0.29) is 5.91 Å². The fourth-order valence-electron chi connectivity index (χ4n) is 2.08. The van der Waals surface area contributed by atoms with E-state index < -0.39 is 0 Å². The van der Waals surface area contributed by atoms with Crippen LogP contribution in [0.2, 0.25) is 0 Å². The van der Waals surface area contributed by atoms with Crippen LogP contribution < -0.4 is 5.43 Å². The molecule has 2 aromatic heterocycles. The number of carbonyl (C=O) groups is 1. The smallest absolute Gasteiger partial charge is 0.288 e. The summed E-state index contributed by atoms with van der Waals surface area (Å²) in [6.07, 6.45) is 3.00. The van der Waals surface area contributed by atoms with Gasteiger partial charge in [-0.25, -0.2) is 5.43 Å². The number of hydrogen-bond donors (Lipinski definition) is 2. The van der Waals surface area contributed by atoms with E-state index >= 15 is 0 Å². The van der Waals surface area contributed by atoms with Crippen molar-refractivity contribution in [1.29, 1.82) is 0 Å². The molecule has 0 unspecified atom stereocenters. The van der Waals surface area contributed by atoms with Gasteiger partial charge in [-0.1, -0.05) is 18.2 Å². The van der Waals surface area contributed by atoms with Crippen molar-refractivity contribution in [3.05, 3.63) is 59.7 Å². The van der Waals surface area contributed by atoms with Gasteiger partial charge in [0.15, 0.2) is 0 Å². The summed E-state index contributed by atoms with van der Waals surface area (Å²) in [6.45, 7) is 1.91. The van der Waals surface area contributed by atoms with E-state index in [2.05, 4.69) is 15.5 Å². The molecule has 1 amide bonds. The first kappa shape index (κ1) is 12.2. The Hall–Kier alpha value is -2.82. The van der Waals surface area contributed by atoms with Crippen LogP contribution in [-0.2, 0) is 0 Å². The summed E-state index contributed by atoms with van der Waals surface area (Å²) in [5.74, 6) is 0.306. The molecule has 5 nitrogen and oxygen atoms in total. The van der Waals surface area contributed by atoms with Crippen molar-refractivity contribution in [2.75, 3.05) is 0 Å². The lowest BCUT2D eigenvalue weighted by atomic mass is 10.1. The highest BCUT2D eigenvalue weighted by Crippen LogP contribution is 2.20. The molecule has 0 spiro atoms. The number of furan rings is 1. The molecular weight excluding hydrogens is 254 g/mol. The Balaban J connectivity index is 1.80. The van der Waals surface area contributed by atoms with Crippen molar-refractivity contribution >= 4 is 23.0 Å². The molecular formula is C15H13N3O2. The van der Waals surface area contributed by atoms with Crippen LogP contribution in [0.25, 0.3) is 10.9 Å². The number of carbonyl (C=O) groups excluding carboxylic acids is 1. The fraction of sp³-hybridized carbons (Fsp3) is 0.0667. The Kier molecular flexibility index (Phi) is 3.09. The van der Waals surface area contributed by atoms with Gasteiger partial charge in [0.1, 0.15) is 11.5 Å². The van der Waals surface area contributed by atoms with Crippen LogP contribution in [0, 0.1) is 6.92 Å². The molecule has 0 bridgehead atoms. The summed E-state index contributed by atoms with van der Waals surface area (Å²) in [6, 6.07) is 11.3. The number of aromatic amines is 1. The van der Waals surface area contributed by atoms with E-state index in [1.54, 1.807) is 18.4 Å². The molecule has 1 aromatic carbocycles. The molecule has 2 heterocycles. The second kappa shape index (κ2) is 5.05. The molecule has 0 aliphatic carbocycles. The van der Waals surface area contributed by atoms with E-state index in [4.69, 9.17) is 4.42 Å². The first-order valence-electron chi connectivity index (χ1n) is 6.20. The molecule has 20 heavy (non-hydrogen) atoms. The molecule has 0 aliphatic heterocycles. The number of amides is 1. The van der Waals surface area contributed by atoms with Crippen LogP contribution in [0.4, 0.5) is 0 Å². The first-order valence-corrected chi connectivity index (χ1v) is 6.20. The fourth-order valence-corrected chi connectivity index (χ4v) is 2.08. The average Bonchev–Trinajstić information content (AvgIpc) is 3.08. The topological polar surface area (TPSA) is 70.4 Å². The maximum Gasteiger partial charge on any atom is 0.288 e. The summed E-state index contributed by atoms with van der Waals surface area (Å²) in [5, 5.41) is 4.90. The monoisotopic (exact) mass is 267 g/mol. The summed E-state index contributed by atoms with van der Waals surface area (Å²) in [7, 11) is 0. The normalized spacial score (nSPS) is 11.2. The van der Waals surface area contributed by atoms with Gasteiger partial charge in [0.2, 0.25) is 0 Å². The number of aromatic nitrogens is 1. The van der Waals surface area contributed by atoms with E-state index in [9.17, 15) is 4.79 Å². The number of benzene rings is 1. The van der Waals surface area contributed by atoms with Gasteiger partial charge in [-0.15, -0.1) is 0 Å². The van der Waals surface area contributed by atoms with Crippen LogP contribution in [0.3, 0.4) is 0 Å². The van der Waals surface area contributed by atoms with Crippen molar-refractivity contribution < 1.29 is 9.21 Å². The second-order valence-corrected chi connectivity index (χ2v) is 4.39. The summed E-state index contributed by atoms with van der Waals surface area (Å²) >= 11 is 0. The number of nitrogens with one attached hydrogen (secondary N) is 2. The predicted molar refractivity (Wildman–Crippen MR) is 76.8 cm³/mol. The zero-order valence-electron chi connectivity index (χ0n) is 10.9. The molecule has 100 valence electrons. The minimum atomic E-state index is -0.276. The maximum atomic E-state index is 12.1. The number of rotatable bonds is 3. The second-order valence-electron chi connectivity index (χ2n) is 4.39. The minimum absolute atomic E-state index is 0.276. The van der Waals surface area contributed by atoms with Gasteiger partial charge in [0.05, 0.1) is 12.5 Å². The molecule has 3 rings (SSSR count). The van der Waals surface area contributed by atoms with Crippen molar-refractivity contribution in [1.82, 2.24) is 10.4 Å². The van der Waals surface area contributed by atoms with Crippen LogP contribution in [0.5, 0.6) is 0 Å². The van der Waals surface area contributed by atoms with Gasteiger partial charge < -0.3 is 9.40 Å². The maximum absolute atomic E-state index is 12.1. The first-order chi connectivity index (χ1) is 9.75. The highest BCUT2D eigenvalue weighted by atomic mass is 16.3. The molecule has 2 N–H and O–H groups in total. The lowest BCUT2D eigenvalue weighted by Gasteiger charge is -1.97. The summed E-state index contributed by atoms with van der Waals surface area (Å²) in [5.41, 5.74) is 4.84. The van der Waals surface area contributed by atoms with Crippen LogP contribution >= 0.6 is 0 Å². The van der Waals surface area contributed by atoms with Crippen LogP contribution in [-0.4, -0.2) is 17.1 Å². The zero-order chi connectivity index (χ0) is 13.9. The van der Waals surface area contributed by atoms with E-state index in [1.807, 2.05) is 31.2 Å². The van der Waals surface area contributed by atoms with Crippen LogP contribution in [0.1, 0.15) is 21.8 Å². The van der Waals surface area contributed by atoms with E-state index in [1.165, 1.54) is 6.21 Å². The minimum Gasteiger partial charge on any atom is -0.463 e. The Morgan fingerprint density at radius 3 is 2.90 bits per heavy atom. The van der Waals surface area contributed by atoms with Crippen molar-refractivity contribution in [2.24, 2.45) is 5.10 Å². The summed E-state index contributed by atoms with van der Waals surface area (Å²) in [4.78, 5) is 15.2. The average molecular weight is 267 g/mol. The van der Waals surface area contributed by atoms with Crippen LogP contribution in [0.15, 0.2) is 52.2 Å². The molecule has 0 saturated carbocycles. The highest BCUT2D eigenvalue weighted by Gasteiger charge is 2.13. The van der Waals surface area contributed by atoms with Gasteiger partial charge in [0.25, 0.3) is 5.91 Å². The lowest BCUT2D eigenvalue weighted by Crippen LogP contribution is -2.18. The Morgan fingerprint density at radius 1 is 1.30 bits per heavy atom. The zero-order valence-corrected chi connectivity index (χ0v) is 10.9. The number of hydrogen-bond acceptors (Lipinski definition) is 3. The van der Waals surface area contributed by atoms with Gasteiger partial charge in [-0.3, -0.25) is 4.79 Å². The molecule has 3 aromatic rings. The largest absolute Gasteiger partial charge is 0.463 e. The number of nitrogens with zero attached hydrogens (tertiary/aromatic N) is 1.